The molecular weight excluding hydrogens is 428 g/mol. The summed E-state index contributed by atoms with van der Waals surface area (Å²) in [6, 6.07) is 2.62. The van der Waals surface area contributed by atoms with Crippen LogP contribution in [0.15, 0.2) is 30.4 Å². The van der Waals surface area contributed by atoms with Gasteiger partial charge in [-0.3, -0.25) is 9.69 Å². The molecule has 3 atom stereocenters. The van der Waals surface area contributed by atoms with Crippen LogP contribution in [0.3, 0.4) is 0 Å². The Hall–Kier alpha value is -3.23. The topological polar surface area (TPSA) is 94.6 Å². The van der Waals surface area contributed by atoms with Gasteiger partial charge in [-0.05, 0) is 57.9 Å². The molecule has 2 heterocycles. The zero-order valence-electron chi connectivity index (χ0n) is 20.0. The van der Waals surface area contributed by atoms with Gasteiger partial charge in [-0.15, -0.1) is 0 Å². The fourth-order valence-electron chi connectivity index (χ4n) is 4.34. The molecule has 2 bridgehead atoms. The summed E-state index contributed by atoms with van der Waals surface area (Å²) in [6.07, 6.45) is -0.401. The standard InChI is InChI=1S/C24H32N2O7/c1-8-32-22(28)20-19-14(2)11-17(26(19)23(29)33-24(3,4)5)21(27)25(20)13-15-12-16(30-6)9-10-18(15)31-7/h9-10,12,17,19-20H,2,8,11,13H2,1,3-7H3. The first-order valence-electron chi connectivity index (χ1n) is 10.9. The van der Waals surface area contributed by atoms with Gasteiger partial charge in [0.15, 0.2) is 6.04 Å². The number of nitrogens with zero attached hydrogens (tertiary/aromatic N) is 2. The normalized spacial score (nSPS) is 22.3. The molecule has 0 aliphatic carbocycles. The van der Waals surface area contributed by atoms with Gasteiger partial charge in [-0.25, -0.2) is 9.59 Å². The molecule has 33 heavy (non-hydrogen) atoms. The van der Waals surface area contributed by atoms with E-state index in [0.717, 1.165) is 0 Å². The quantitative estimate of drug-likeness (QED) is 0.476. The van der Waals surface area contributed by atoms with E-state index in [9.17, 15) is 14.4 Å². The Labute approximate surface area is 194 Å². The third kappa shape index (κ3) is 4.77. The van der Waals surface area contributed by atoms with Crippen LogP contribution in [0.2, 0.25) is 0 Å². The van der Waals surface area contributed by atoms with E-state index in [4.69, 9.17) is 18.9 Å². The van der Waals surface area contributed by atoms with E-state index >= 15 is 0 Å². The lowest BCUT2D eigenvalue weighted by atomic mass is 9.99. The number of esters is 1. The van der Waals surface area contributed by atoms with Crippen LogP contribution in [0, 0.1) is 0 Å². The lowest BCUT2D eigenvalue weighted by molar-refractivity contribution is -0.164. The van der Waals surface area contributed by atoms with E-state index < -0.39 is 35.8 Å². The Morgan fingerprint density at radius 3 is 2.45 bits per heavy atom. The second kappa shape index (κ2) is 9.33. The third-order valence-electron chi connectivity index (χ3n) is 5.67. The molecule has 2 saturated heterocycles. The highest BCUT2D eigenvalue weighted by atomic mass is 16.6. The maximum absolute atomic E-state index is 13.6. The Morgan fingerprint density at radius 2 is 1.88 bits per heavy atom. The summed E-state index contributed by atoms with van der Waals surface area (Å²) in [4.78, 5) is 42.6. The van der Waals surface area contributed by atoms with Crippen LogP contribution >= 0.6 is 0 Å². The number of hydrogen-bond donors (Lipinski definition) is 0. The van der Waals surface area contributed by atoms with E-state index in [-0.39, 0.29) is 25.5 Å². The van der Waals surface area contributed by atoms with Crippen LogP contribution in [0.1, 0.15) is 39.7 Å². The van der Waals surface area contributed by atoms with E-state index in [1.165, 1.54) is 16.9 Å². The van der Waals surface area contributed by atoms with Crippen molar-refractivity contribution in [3.05, 3.63) is 35.9 Å². The highest BCUT2D eigenvalue weighted by molar-refractivity contribution is 5.95. The lowest BCUT2D eigenvalue weighted by Crippen LogP contribution is -2.66. The van der Waals surface area contributed by atoms with Crippen molar-refractivity contribution >= 4 is 18.0 Å². The maximum Gasteiger partial charge on any atom is 0.411 e. The fraction of sp³-hybridized carbons (Fsp3) is 0.542. The van der Waals surface area contributed by atoms with E-state index in [0.29, 0.717) is 22.6 Å². The molecule has 0 aromatic heterocycles. The van der Waals surface area contributed by atoms with Crippen LogP contribution in [0.4, 0.5) is 4.79 Å². The Bertz CT molecular complexity index is 953. The van der Waals surface area contributed by atoms with Gasteiger partial charge in [0.1, 0.15) is 23.1 Å². The maximum atomic E-state index is 13.6. The molecule has 2 aliphatic heterocycles. The van der Waals surface area contributed by atoms with Crippen LogP contribution < -0.4 is 9.47 Å². The molecule has 2 amide bonds. The molecule has 3 rings (SSSR count). The lowest BCUT2D eigenvalue weighted by Gasteiger charge is -2.45. The first kappa shape index (κ1) is 24.4. The molecule has 9 nitrogen and oxygen atoms in total. The SMILES string of the molecule is C=C1CC2C(=O)N(Cc3cc(OC)ccc3OC)C(C(=O)OCC)C1N2C(=O)OC(C)(C)C. The first-order chi connectivity index (χ1) is 15.5. The second-order valence-electron chi connectivity index (χ2n) is 9.05. The van der Waals surface area contributed by atoms with Crippen LogP contribution in [0.25, 0.3) is 0 Å². The van der Waals surface area contributed by atoms with Gasteiger partial charge < -0.3 is 23.8 Å². The Morgan fingerprint density at radius 1 is 1.18 bits per heavy atom. The van der Waals surface area contributed by atoms with Crippen molar-refractivity contribution in [1.82, 2.24) is 9.80 Å². The molecule has 2 aliphatic rings. The molecule has 0 saturated carbocycles. The number of methoxy groups -OCH3 is 2. The predicted octanol–water partition coefficient (Wildman–Crippen LogP) is 2.91. The van der Waals surface area contributed by atoms with Crippen molar-refractivity contribution in [3.8, 4) is 11.5 Å². The smallest absolute Gasteiger partial charge is 0.411 e. The molecule has 2 fully saturated rings. The monoisotopic (exact) mass is 460 g/mol. The summed E-state index contributed by atoms with van der Waals surface area (Å²) in [5.74, 6) is 0.157. The number of carbonyl (C=O) groups is 3. The third-order valence-corrected chi connectivity index (χ3v) is 5.67. The van der Waals surface area contributed by atoms with Gasteiger partial charge >= 0.3 is 12.1 Å². The highest BCUT2D eigenvalue weighted by Gasteiger charge is 2.58. The summed E-state index contributed by atoms with van der Waals surface area (Å²) in [5.41, 5.74) is 0.512. The molecule has 3 unspecified atom stereocenters. The summed E-state index contributed by atoms with van der Waals surface area (Å²) < 4.78 is 21.6. The average Bonchev–Trinajstić information content (AvgIpc) is 3.03. The van der Waals surface area contributed by atoms with E-state index in [1.54, 1.807) is 53.0 Å². The molecule has 1 aromatic carbocycles. The molecular formula is C24H32N2O7. The van der Waals surface area contributed by atoms with Crippen molar-refractivity contribution in [1.29, 1.82) is 0 Å². The van der Waals surface area contributed by atoms with Crippen molar-refractivity contribution in [2.45, 2.75) is 64.4 Å². The van der Waals surface area contributed by atoms with Crippen LogP contribution in [-0.4, -0.2) is 72.3 Å². The van der Waals surface area contributed by atoms with Gasteiger partial charge in [0.2, 0.25) is 5.91 Å². The number of likely N-dealkylation sites (tertiary alicyclic amines) is 1. The summed E-state index contributed by atoms with van der Waals surface area (Å²) in [7, 11) is 3.07. The number of benzene rings is 1. The minimum atomic E-state index is -1.06. The highest BCUT2D eigenvalue weighted by Crippen LogP contribution is 2.41. The van der Waals surface area contributed by atoms with Crippen molar-refractivity contribution in [2.24, 2.45) is 0 Å². The number of rotatable bonds is 6. The van der Waals surface area contributed by atoms with E-state index in [1.807, 2.05) is 0 Å². The van der Waals surface area contributed by atoms with Crippen LogP contribution in [-0.2, 0) is 25.6 Å². The molecule has 1 aromatic rings. The average molecular weight is 461 g/mol. The van der Waals surface area contributed by atoms with Gasteiger partial charge in [-0.1, -0.05) is 6.58 Å². The summed E-state index contributed by atoms with van der Waals surface area (Å²) in [6.45, 7) is 11.2. The predicted molar refractivity (Wildman–Crippen MR) is 120 cm³/mol. The molecule has 0 spiro atoms. The van der Waals surface area contributed by atoms with Gasteiger partial charge in [0, 0.05) is 5.56 Å². The number of hydrogen-bond acceptors (Lipinski definition) is 7. The Kier molecular flexibility index (Phi) is 6.90. The minimum absolute atomic E-state index is 0.0745. The van der Waals surface area contributed by atoms with Crippen molar-refractivity contribution in [3.63, 3.8) is 0 Å². The number of ether oxygens (including phenoxy) is 4. The minimum Gasteiger partial charge on any atom is -0.497 e. The largest absolute Gasteiger partial charge is 0.497 e. The number of amides is 2. The van der Waals surface area contributed by atoms with Crippen molar-refractivity contribution < 1.29 is 33.3 Å². The molecule has 9 heteroatoms. The van der Waals surface area contributed by atoms with Gasteiger partial charge in [0.05, 0.1) is 33.4 Å². The van der Waals surface area contributed by atoms with Gasteiger partial charge in [-0.2, -0.15) is 0 Å². The number of carbonyl (C=O) groups excluding carboxylic acids is 3. The van der Waals surface area contributed by atoms with Gasteiger partial charge in [0.25, 0.3) is 0 Å². The molecule has 180 valence electrons. The molecule has 0 radical (unpaired) electrons. The second-order valence-corrected chi connectivity index (χ2v) is 9.05. The number of fused-ring (bicyclic) bond motifs is 2. The Balaban J connectivity index is 2.04. The van der Waals surface area contributed by atoms with E-state index in [2.05, 4.69) is 6.58 Å². The number of piperazine rings is 1. The zero-order valence-corrected chi connectivity index (χ0v) is 20.0. The van der Waals surface area contributed by atoms with Crippen LogP contribution in [0.5, 0.6) is 11.5 Å². The summed E-state index contributed by atoms with van der Waals surface area (Å²) >= 11 is 0. The fourth-order valence-corrected chi connectivity index (χ4v) is 4.34. The summed E-state index contributed by atoms with van der Waals surface area (Å²) in [5, 5.41) is 0. The zero-order chi connectivity index (χ0) is 24.5. The van der Waals surface area contributed by atoms with Crippen molar-refractivity contribution in [2.75, 3.05) is 20.8 Å². The first-order valence-corrected chi connectivity index (χ1v) is 10.9. The molecule has 0 N–H and O–H groups in total.